The molecule has 1 N–H and O–H groups in total. The Morgan fingerprint density at radius 1 is 1.16 bits per heavy atom. The Hall–Kier alpha value is -0.670. The first kappa shape index (κ1) is 14.7. The van der Waals surface area contributed by atoms with E-state index < -0.39 is 0 Å². The standard InChI is InChI=1S/C16H25NOS/c1-11-9-12(2)16(15(10-11)17-3)19-14-7-5-13(18-4)6-8-14/h5-8,11-12,15-17H,9-10H2,1-4H3. The van der Waals surface area contributed by atoms with E-state index in [0.29, 0.717) is 11.3 Å². The molecule has 0 saturated heterocycles. The highest BCUT2D eigenvalue weighted by Gasteiger charge is 2.33. The van der Waals surface area contributed by atoms with Gasteiger partial charge in [-0.1, -0.05) is 13.8 Å². The third-order valence-electron chi connectivity index (χ3n) is 4.09. The molecule has 0 bridgehead atoms. The minimum absolute atomic E-state index is 0.617. The van der Waals surface area contributed by atoms with Crippen LogP contribution in [0.2, 0.25) is 0 Å². The van der Waals surface area contributed by atoms with Crippen LogP contribution in [0.4, 0.5) is 0 Å². The summed E-state index contributed by atoms with van der Waals surface area (Å²) >= 11 is 2.01. The zero-order valence-electron chi connectivity index (χ0n) is 12.3. The van der Waals surface area contributed by atoms with Gasteiger partial charge in [0, 0.05) is 16.2 Å². The molecule has 1 saturated carbocycles. The number of rotatable bonds is 4. The first-order valence-electron chi connectivity index (χ1n) is 7.12. The van der Waals surface area contributed by atoms with E-state index in [1.54, 1.807) is 7.11 Å². The maximum atomic E-state index is 5.22. The Kier molecular flexibility index (Phi) is 5.17. The zero-order valence-corrected chi connectivity index (χ0v) is 13.2. The molecular weight excluding hydrogens is 254 g/mol. The third kappa shape index (κ3) is 3.67. The highest BCUT2D eigenvalue weighted by Crippen LogP contribution is 2.39. The monoisotopic (exact) mass is 279 g/mol. The highest BCUT2D eigenvalue weighted by atomic mass is 32.2. The molecular formula is C16H25NOS. The smallest absolute Gasteiger partial charge is 0.118 e. The van der Waals surface area contributed by atoms with E-state index in [1.165, 1.54) is 17.7 Å². The Bertz CT molecular complexity index is 392. The summed E-state index contributed by atoms with van der Waals surface area (Å²) in [5.74, 6) is 2.52. The van der Waals surface area contributed by atoms with Crippen molar-refractivity contribution in [3.63, 3.8) is 0 Å². The van der Waals surface area contributed by atoms with Gasteiger partial charge in [0.25, 0.3) is 0 Å². The molecule has 106 valence electrons. The molecule has 1 aliphatic carbocycles. The molecule has 0 heterocycles. The van der Waals surface area contributed by atoms with Crippen LogP contribution in [0, 0.1) is 11.8 Å². The van der Waals surface area contributed by atoms with Gasteiger partial charge in [0.05, 0.1) is 7.11 Å². The first-order chi connectivity index (χ1) is 9.13. The summed E-state index contributed by atoms with van der Waals surface area (Å²) in [4.78, 5) is 1.34. The fourth-order valence-electron chi connectivity index (χ4n) is 3.12. The van der Waals surface area contributed by atoms with Gasteiger partial charge in [-0.3, -0.25) is 0 Å². The van der Waals surface area contributed by atoms with Gasteiger partial charge >= 0.3 is 0 Å². The van der Waals surface area contributed by atoms with Gasteiger partial charge in [-0.2, -0.15) is 0 Å². The maximum absolute atomic E-state index is 5.22. The van der Waals surface area contributed by atoms with Crippen molar-refractivity contribution in [3.05, 3.63) is 24.3 Å². The number of thioether (sulfide) groups is 1. The van der Waals surface area contributed by atoms with E-state index in [-0.39, 0.29) is 0 Å². The summed E-state index contributed by atoms with van der Waals surface area (Å²) < 4.78 is 5.22. The Morgan fingerprint density at radius 3 is 2.42 bits per heavy atom. The Labute approximate surface area is 121 Å². The lowest BCUT2D eigenvalue weighted by molar-refractivity contribution is 0.257. The summed E-state index contributed by atoms with van der Waals surface area (Å²) in [7, 11) is 3.81. The number of hydrogen-bond acceptors (Lipinski definition) is 3. The van der Waals surface area contributed by atoms with Crippen LogP contribution >= 0.6 is 11.8 Å². The second-order valence-electron chi connectivity index (χ2n) is 5.71. The molecule has 0 amide bonds. The minimum atomic E-state index is 0.617. The fourth-order valence-corrected chi connectivity index (χ4v) is 4.48. The average molecular weight is 279 g/mol. The summed E-state index contributed by atoms with van der Waals surface area (Å²) in [6, 6.07) is 9.05. The van der Waals surface area contributed by atoms with E-state index in [9.17, 15) is 0 Å². The van der Waals surface area contributed by atoms with Crippen molar-refractivity contribution in [2.45, 2.75) is 42.9 Å². The quantitative estimate of drug-likeness (QED) is 0.905. The maximum Gasteiger partial charge on any atom is 0.118 e. The van der Waals surface area contributed by atoms with E-state index in [4.69, 9.17) is 4.74 Å². The van der Waals surface area contributed by atoms with Crippen LogP contribution in [0.25, 0.3) is 0 Å². The van der Waals surface area contributed by atoms with Crippen molar-refractivity contribution < 1.29 is 4.74 Å². The average Bonchev–Trinajstić information content (AvgIpc) is 2.42. The molecule has 0 aromatic heterocycles. The van der Waals surface area contributed by atoms with Crippen molar-refractivity contribution in [2.24, 2.45) is 11.8 Å². The van der Waals surface area contributed by atoms with E-state index in [0.717, 1.165) is 17.6 Å². The summed E-state index contributed by atoms with van der Waals surface area (Å²) in [5, 5.41) is 4.17. The molecule has 1 aromatic carbocycles. The lowest BCUT2D eigenvalue weighted by Gasteiger charge is -2.39. The predicted molar refractivity (Wildman–Crippen MR) is 83.0 cm³/mol. The SMILES string of the molecule is CNC1CC(C)CC(C)C1Sc1ccc(OC)cc1. The molecule has 1 aliphatic rings. The lowest BCUT2D eigenvalue weighted by atomic mass is 9.80. The van der Waals surface area contributed by atoms with Crippen molar-refractivity contribution in [1.82, 2.24) is 5.32 Å². The summed E-state index contributed by atoms with van der Waals surface area (Å²) in [5.41, 5.74) is 0. The normalized spacial score (nSPS) is 31.2. The molecule has 0 radical (unpaired) electrons. The van der Waals surface area contributed by atoms with Gasteiger partial charge in [0.15, 0.2) is 0 Å². The van der Waals surface area contributed by atoms with E-state index in [1.807, 2.05) is 23.9 Å². The van der Waals surface area contributed by atoms with Gasteiger partial charge in [0.2, 0.25) is 0 Å². The largest absolute Gasteiger partial charge is 0.497 e. The number of methoxy groups -OCH3 is 1. The fraction of sp³-hybridized carbons (Fsp3) is 0.625. The van der Waals surface area contributed by atoms with Gasteiger partial charge in [-0.25, -0.2) is 0 Å². The van der Waals surface area contributed by atoms with Crippen LogP contribution in [0.15, 0.2) is 29.2 Å². The van der Waals surface area contributed by atoms with Gasteiger partial charge in [-0.05, 0) is 56.0 Å². The Balaban J connectivity index is 2.06. The molecule has 2 rings (SSSR count). The third-order valence-corrected chi connectivity index (χ3v) is 5.70. The van der Waals surface area contributed by atoms with Crippen LogP contribution in [-0.4, -0.2) is 25.4 Å². The van der Waals surface area contributed by atoms with Crippen LogP contribution < -0.4 is 10.1 Å². The molecule has 1 fully saturated rings. The van der Waals surface area contributed by atoms with Crippen LogP contribution in [-0.2, 0) is 0 Å². The van der Waals surface area contributed by atoms with E-state index in [2.05, 4.69) is 38.3 Å². The number of hydrogen-bond donors (Lipinski definition) is 1. The lowest BCUT2D eigenvalue weighted by Crippen LogP contribution is -2.44. The zero-order chi connectivity index (χ0) is 13.8. The molecule has 19 heavy (non-hydrogen) atoms. The van der Waals surface area contributed by atoms with Crippen molar-refractivity contribution in [3.8, 4) is 5.75 Å². The first-order valence-corrected chi connectivity index (χ1v) is 8.00. The second-order valence-corrected chi connectivity index (χ2v) is 6.96. The van der Waals surface area contributed by atoms with Gasteiger partial charge in [-0.15, -0.1) is 11.8 Å². The van der Waals surface area contributed by atoms with Crippen LogP contribution in [0.3, 0.4) is 0 Å². The molecule has 3 heteroatoms. The molecule has 2 nitrogen and oxygen atoms in total. The molecule has 0 spiro atoms. The van der Waals surface area contributed by atoms with Crippen LogP contribution in [0.1, 0.15) is 26.7 Å². The van der Waals surface area contributed by atoms with Crippen molar-refractivity contribution in [1.29, 1.82) is 0 Å². The summed E-state index contributed by atoms with van der Waals surface area (Å²) in [6.45, 7) is 4.76. The number of benzene rings is 1. The molecule has 0 aliphatic heterocycles. The van der Waals surface area contributed by atoms with Crippen LogP contribution in [0.5, 0.6) is 5.75 Å². The summed E-state index contributed by atoms with van der Waals surface area (Å²) in [6.07, 6.45) is 2.63. The van der Waals surface area contributed by atoms with Crippen molar-refractivity contribution in [2.75, 3.05) is 14.2 Å². The molecule has 1 aromatic rings. The van der Waals surface area contributed by atoms with Gasteiger partial charge in [0.1, 0.15) is 5.75 Å². The Morgan fingerprint density at radius 2 is 1.84 bits per heavy atom. The number of nitrogens with one attached hydrogen (secondary N) is 1. The second kappa shape index (κ2) is 6.67. The van der Waals surface area contributed by atoms with E-state index >= 15 is 0 Å². The molecule has 4 unspecified atom stereocenters. The minimum Gasteiger partial charge on any atom is -0.497 e. The molecule has 4 atom stereocenters. The predicted octanol–water partition coefficient (Wildman–Crippen LogP) is 3.81. The highest BCUT2D eigenvalue weighted by molar-refractivity contribution is 8.00. The van der Waals surface area contributed by atoms with Crippen molar-refractivity contribution >= 4 is 11.8 Å². The van der Waals surface area contributed by atoms with Gasteiger partial charge < -0.3 is 10.1 Å². The number of ether oxygens (including phenoxy) is 1. The topological polar surface area (TPSA) is 21.3 Å².